The maximum atomic E-state index is 2.40. The summed E-state index contributed by atoms with van der Waals surface area (Å²) < 4.78 is 2.68. The molecule has 11 rings (SSSR count). The number of hydrogen-bond donors (Lipinski definition) is 0. The van der Waals surface area contributed by atoms with Gasteiger partial charge >= 0.3 is 0 Å². The largest absolute Gasteiger partial charge is 0.310 e. The molecular weight excluding hydrogens is 671 g/mol. The molecule has 0 saturated heterocycles. The van der Waals surface area contributed by atoms with Gasteiger partial charge in [0.15, 0.2) is 0 Å². The van der Waals surface area contributed by atoms with Crippen molar-refractivity contribution in [1.29, 1.82) is 0 Å². The van der Waals surface area contributed by atoms with E-state index in [0.29, 0.717) is 0 Å². The topological polar surface area (TPSA) is 3.24 Å². The first-order valence-corrected chi connectivity index (χ1v) is 19.6. The standard InChI is InChI=1S/C52H35NS/c1-2-10-34(11-3-1)35-20-25-40(26-21-35)53(42-29-31-44-38(32-42)24-30-48-46-15-8-9-17-50(46)54-52(44)48)41-27-22-37(23-28-41)49-33-39-19-18-36-12-4-5-13-43(36)51(39)47-16-7-6-14-45(47)49/h1-3,5-11,13-33H,4,12H2. The van der Waals surface area contributed by atoms with Crippen LogP contribution in [0.5, 0.6) is 0 Å². The van der Waals surface area contributed by atoms with Crippen LogP contribution in [0, 0.1) is 0 Å². The van der Waals surface area contributed by atoms with Crippen molar-refractivity contribution < 1.29 is 0 Å². The summed E-state index contributed by atoms with van der Waals surface area (Å²) in [4.78, 5) is 2.39. The van der Waals surface area contributed by atoms with Crippen LogP contribution < -0.4 is 4.90 Å². The van der Waals surface area contributed by atoms with Gasteiger partial charge in [0.05, 0.1) is 0 Å². The third kappa shape index (κ3) is 5.06. The van der Waals surface area contributed by atoms with E-state index in [9.17, 15) is 0 Å². The Morgan fingerprint density at radius 3 is 1.91 bits per heavy atom. The second kappa shape index (κ2) is 12.6. The minimum atomic E-state index is 1.11. The van der Waals surface area contributed by atoms with Crippen LogP contribution in [0.3, 0.4) is 0 Å². The smallest absolute Gasteiger partial charge is 0.0468 e. The van der Waals surface area contributed by atoms with Gasteiger partial charge in [-0.3, -0.25) is 0 Å². The van der Waals surface area contributed by atoms with E-state index in [1.807, 2.05) is 11.3 Å². The summed E-state index contributed by atoms with van der Waals surface area (Å²) in [5.41, 5.74) is 11.1. The van der Waals surface area contributed by atoms with Gasteiger partial charge in [0.2, 0.25) is 0 Å². The molecule has 254 valence electrons. The molecule has 0 amide bonds. The number of allylic oxidation sites excluding steroid dienone is 1. The Hall–Kier alpha value is -6.48. The molecule has 0 fully saturated rings. The Balaban J connectivity index is 1.05. The average molecular weight is 706 g/mol. The molecule has 0 unspecified atom stereocenters. The second-order valence-corrected chi connectivity index (χ2v) is 15.4. The van der Waals surface area contributed by atoms with Crippen molar-refractivity contribution in [3.8, 4) is 22.3 Å². The number of nitrogens with zero attached hydrogens (tertiary/aromatic N) is 1. The van der Waals surface area contributed by atoms with Crippen molar-refractivity contribution in [2.45, 2.75) is 12.8 Å². The summed E-state index contributed by atoms with van der Waals surface area (Å²) >= 11 is 1.89. The lowest BCUT2D eigenvalue weighted by atomic mass is 9.87. The highest BCUT2D eigenvalue weighted by molar-refractivity contribution is 7.26. The molecule has 1 aromatic heterocycles. The number of hydrogen-bond acceptors (Lipinski definition) is 2. The molecule has 1 heterocycles. The molecule has 0 bridgehead atoms. The Kier molecular flexibility index (Phi) is 7.24. The summed E-state index contributed by atoms with van der Waals surface area (Å²) in [7, 11) is 0. The number of aryl methyl sites for hydroxylation is 1. The van der Waals surface area contributed by atoms with Gasteiger partial charge in [0, 0.05) is 37.2 Å². The monoisotopic (exact) mass is 705 g/mol. The summed E-state index contributed by atoms with van der Waals surface area (Å²) in [5, 5.41) is 10.5. The van der Waals surface area contributed by atoms with Crippen LogP contribution in [-0.4, -0.2) is 0 Å². The minimum Gasteiger partial charge on any atom is -0.310 e. The SMILES string of the molecule is C1=Cc2c(ccc3cc(-c4ccc(N(c5ccc(-c6ccccc6)cc5)c5ccc6c(ccc7c8ccccc8sc67)c5)cc4)c4ccccc4c23)CC1. The lowest BCUT2D eigenvalue weighted by Crippen LogP contribution is -2.09. The first-order valence-electron chi connectivity index (χ1n) is 18.8. The lowest BCUT2D eigenvalue weighted by molar-refractivity contribution is 0.990. The molecule has 54 heavy (non-hydrogen) atoms. The zero-order valence-electron chi connectivity index (χ0n) is 29.7. The average Bonchev–Trinajstić information content (AvgIpc) is 3.63. The third-order valence-electron chi connectivity index (χ3n) is 11.3. The third-order valence-corrected chi connectivity index (χ3v) is 12.5. The van der Waals surface area contributed by atoms with Gasteiger partial charge in [0.1, 0.15) is 0 Å². The van der Waals surface area contributed by atoms with E-state index >= 15 is 0 Å². The van der Waals surface area contributed by atoms with Crippen LogP contribution in [0.4, 0.5) is 17.1 Å². The Labute approximate surface area is 318 Å². The Morgan fingerprint density at radius 1 is 0.444 bits per heavy atom. The van der Waals surface area contributed by atoms with Crippen molar-refractivity contribution in [3.05, 3.63) is 193 Å². The summed E-state index contributed by atoms with van der Waals surface area (Å²) in [6, 6.07) is 65.0. The highest BCUT2D eigenvalue weighted by Crippen LogP contribution is 2.43. The first kappa shape index (κ1) is 31.1. The molecule has 0 atom stereocenters. The number of anilines is 3. The molecule has 0 radical (unpaired) electrons. The molecule has 0 saturated carbocycles. The summed E-state index contributed by atoms with van der Waals surface area (Å²) in [6.45, 7) is 0. The van der Waals surface area contributed by atoms with E-state index < -0.39 is 0 Å². The Morgan fingerprint density at radius 2 is 1.09 bits per heavy atom. The molecule has 10 aromatic rings. The van der Waals surface area contributed by atoms with E-state index in [4.69, 9.17) is 0 Å². The van der Waals surface area contributed by atoms with Crippen LogP contribution >= 0.6 is 11.3 Å². The maximum absolute atomic E-state index is 2.40. The van der Waals surface area contributed by atoms with Crippen LogP contribution in [0.2, 0.25) is 0 Å². The quantitative estimate of drug-likeness (QED) is 0.161. The molecule has 2 heteroatoms. The fraction of sp³-hybridized carbons (Fsp3) is 0.0385. The Bertz CT molecular complexity index is 3080. The second-order valence-electron chi connectivity index (χ2n) is 14.4. The van der Waals surface area contributed by atoms with Gasteiger partial charge in [-0.2, -0.15) is 0 Å². The number of benzene rings is 9. The van der Waals surface area contributed by atoms with Gasteiger partial charge in [-0.25, -0.2) is 0 Å². The number of fused-ring (bicyclic) bond motifs is 10. The van der Waals surface area contributed by atoms with Crippen molar-refractivity contribution in [2.75, 3.05) is 4.90 Å². The van der Waals surface area contributed by atoms with E-state index in [-0.39, 0.29) is 0 Å². The fourth-order valence-electron chi connectivity index (χ4n) is 8.67. The van der Waals surface area contributed by atoms with Gasteiger partial charge in [-0.1, -0.05) is 140 Å². The van der Waals surface area contributed by atoms with Gasteiger partial charge < -0.3 is 4.90 Å². The molecule has 0 aliphatic heterocycles. The number of thiophene rings is 1. The molecule has 1 nitrogen and oxygen atoms in total. The van der Waals surface area contributed by atoms with Crippen molar-refractivity contribution >= 4 is 87.0 Å². The van der Waals surface area contributed by atoms with E-state index in [1.54, 1.807) is 0 Å². The molecular formula is C52H35NS. The first-order chi connectivity index (χ1) is 26.8. The van der Waals surface area contributed by atoms with Gasteiger partial charge in [-0.15, -0.1) is 11.3 Å². The van der Waals surface area contributed by atoms with E-state index in [1.165, 1.54) is 85.9 Å². The maximum Gasteiger partial charge on any atom is 0.0468 e. The van der Waals surface area contributed by atoms with Crippen LogP contribution in [0.15, 0.2) is 182 Å². The highest BCUT2D eigenvalue weighted by atomic mass is 32.1. The van der Waals surface area contributed by atoms with Crippen LogP contribution in [0.25, 0.3) is 80.8 Å². The fourth-order valence-corrected chi connectivity index (χ4v) is 9.90. The van der Waals surface area contributed by atoms with Crippen molar-refractivity contribution in [3.63, 3.8) is 0 Å². The van der Waals surface area contributed by atoms with Gasteiger partial charge in [-0.05, 0) is 127 Å². The minimum absolute atomic E-state index is 1.11. The van der Waals surface area contributed by atoms with Crippen LogP contribution in [-0.2, 0) is 6.42 Å². The van der Waals surface area contributed by atoms with E-state index in [0.717, 1.165) is 29.9 Å². The molecule has 1 aliphatic carbocycles. The zero-order valence-corrected chi connectivity index (χ0v) is 30.5. The summed E-state index contributed by atoms with van der Waals surface area (Å²) in [6.07, 6.45) is 6.88. The van der Waals surface area contributed by atoms with Crippen molar-refractivity contribution in [2.24, 2.45) is 0 Å². The predicted molar refractivity (Wildman–Crippen MR) is 235 cm³/mol. The summed E-state index contributed by atoms with van der Waals surface area (Å²) in [5.74, 6) is 0. The number of rotatable bonds is 5. The zero-order chi connectivity index (χ0) is 35.6. The predicted octanol–water partition coefficient (Wildman–Crippen LogP) is 15.3. The highest BCUT2D eigenvalue weighted by Gasteiger charge is 2.18. The molecule has 0 N–H and O–H groups in total. The van der Waals surface area contributed by atoms with Crippen molar-refractivity contribution in [1.82, 2.24) is 0 Å². The molecule has 9 aromatic carbocycles. The van der Waals surface area contributed by atoms with Gasteiger partial charge in [0.25, 0.3) is 0 Å². The van der Waals surface area contributed by atoms with E-state index in [2.05, 4.69) is 193 Å². The molecule has 0 spiro atoms. The van der Waals surface area contributed by atoms with Crippen LogP contribution in [0.1, 0.15) is 17.5 Å². The molecule has 1 aliphatic rings. The normalized spacial score (nSPS) is 12.6. The lowest BCUT2D eigenvalue weighted by Gasteiger charge is -2.26.